The van der Waals surface area contributed by atoms with Crippen molar-refractivity contribution in [2.75, 3.05) is 62.6 Å². The Morgan fingerprint density at radius 2 is 1.82 bits per heavy atom. The van der Waals surface area contributed by atoms with Gasteiger partial charge >= 0.3 is 5.97 Å². The van der Waals surface area contributed by atoms with E-state index in [4.69, 9.17) is 14.5 Å². The van der Waals surface area contributed by atoms with Crippen molar-refractivity contribution in [2.24, 2.45) is 0 Å². The van der Waals surface area contributed by atoms with E-state index in [0.29, 0.717) is 40.9 Å². The lowest BCUT2D eigenvalue weighted by molar-refractivity contribution is -0.136. The van der Waals surface area contributed by atoms with Crippen LogP contribution in [0.25, 0.3) is 0 Å². The zero-order chi connectivity index (χ0) is 32.2. The number of amides is 2. The van der Waals surface area contributed by atoms with Gasteiger partial charge in [0.1, 0.15) is 17.5 Å². The standard InChI is InChI=1S/C33H45N7O5/c1-7-25-31(42)38(4)27-19-34-33(36-29(27)40(25)24-10-8-9-11-24)39(20-21(2)32(43)45-6)26-13-12-22(18-28(26)44-5)30(41)35-23-14-16-37(3)17-15-23/h12-13,18-19,23-25H,2,7-11,14-17,20H2,1,3-6H3,(H,35,41). The highest BCUT2D eigenvalue weighted by Gasteiger charge is 2.41. The average Bonchev–Trinajstić information content (AvgIpc) is 3.59. The van der Waals surface area contributed by atoms with Gasteiger partial charge in [-0.25, -0.2) is 9.78 Å². The lowest BCUT2D eigenvalue weighted by Gasteiger charge is -2.43. The number of fused-ring (bicyclic) bond motifs is 1. The number of esters is 1. The third-order valence-electron chi connectivity index (χ3n) is 9.25. The van der Waals surface area contributed by atoms with Crippen LogP contribution in [0, 0.1) is 0 Å². The Hall–Kier alpha value is -4.19. The van der Waals surface area contributed by atoms with E-state index in [0.717, 1.165) is 51.6 Å². The highest BCUT2D eigenvalue weighted by Crippen LogP contribution is 2.42. The van der Waals surface area contributed by atoms with Crippen LogP contribution in [-0.2, 0) is 14.3 Å². The van der Waals surface area contributed by atoms with Crippen LogP contribution in [0.15, 0.2) is 36.5 Å². The van der Waals surface area contributed by atoms with Crippen LogP contribution in [0.5, 0.6) is 5.75 Å². The van der Waals surface area contributed by atoms with Crippen molar-refractivity contribution in [1.82, 2.24) is 20.2 Å². The molecule has 2 fully saturated rings. The summed E-state index contributed by atoms with van der Waals surface area (Å²) in [5.74, 6) is 0.700. The summed E-state index contributed by atoms with van der Waals surface area (Å²) in [6, 6.07) is 5.18. The molecule has 1 atom stereocenters. The molecule has 0 radical (unpaired) electrons. The molecule has 45 heavy (non-hydrogen) atoms. The molecule has 242 valence electrons. The molecule has 12 heteroatoms. The molecule has 1 aliphatic carbocycles. The smallest absolute Gasteiger partial charge is 0.334 e. The maximum atomic E-state index is 13.4. The molecule has 2 aliphatic heterocycles. The quantitative estimate of drug-likeness (QED) is 0.312. The summed E-state index contributed by atoms with van der Waals surface area (Å²) in [6.07, 6.45) is 8.30. The van der Waals surface area contributed by atoms with Crippen molar-refractivity contribution in [1.29, 1.82) is 0 Å². The van der Waals surface area contributed by atoms with Crippen LogP contribution in [0.3, 0.4) is 0 Å². The van der Waals surface area contributed by atoms with Crippen LogP contribution < -0.4 is 24.8 Å². The number of likely N-dealkylation sites (tertiary alicyclic amines) is 1. The molecule has 5 rings (SSSR count). The van der Waals surface area contributed by atoms with Crippen molar-refractivity contribution in [3.8, 4) is 5.75 Å². The molecule has 1 aromatic carbocycles. The zero-order valence-electron chi connectivity index (χ0n) is 27.0. The third kappa shape index (κ3) is 6.61. The molecule has 2 aromatic rings. The number of hydrogen-bond donors (Lipinski definition) is 1. The van der Waals surface area contributed by atoms with Crippen LogP contribution >= 0.6 is 0 Å². The number of rotatable bonds is 10. The average molecular weight is 620 g/mol. The summed E-state index contributed by atoms with van der Waals surface area (Å²) < 4.78 is 10.8. The number of aromatic nitrogens is 2. The molecule has 3 heterocycles. The SMILES string of the molecule is C=C(CN(c1ncc2c(n1)N(C1CCCC1)C(CC)C(=O)N2C)c1ccc(C(=O)NC2CCN(C)CC2)cc1OC)C(=O)OC. The second-order valence-corrected chi connectivity index (χ2v) is 12.2. The van der Waals surface area contributed by atoms with E-state index >= 15 is 0 Å². The summed E-state index contributed by atoms with van der Waals surface area (Å²) in [7, 11) is 6.68. The van der Waals surface area contributed by atoms with Crippen molar-refractivity contribution >= 4 is 40.9 Å². The predicted octanol–water partition coefficient (Wildman–Crippen LogP) is 3.68. The lowest BCUT2D eigenvalue weighted by Crippen LogP contribution is -2.55. The number of nitrogens with one attached hydrogen (secondary N) is 1. The number of carbonyl (C=O) groups is 3. The number of methoxy groups -OCH3 is 2. The number of benzene rings is 1. The van der Waals surface area contributed by atoms with Crippen molar-refractivity contribution in [3.05, 3.63) is 42.1 Å². The van der Waals surface area contributed by atoms with Gasteiger partial charge in [0.05, 0.1) is 32.6 Å². The molecule has 12 nitrogen and oxygen atoms in total. The topological polar surface area (TPSA) is 120 Å². The maximum Gasteiger partial charge on any atom is 0.334 e. The predicted molar refractivity (Wildman–Crippen MR) is 173 cm³/mol. The highest BCUT2D eigenvalue weighted by atomic mass is 16.5. The zero-order valence-corrected chi connectivity index (χ0v) is 27.0. The Balaban J connectivity index is 1.54. The second kappa shape index (κ2) is 13.8. The third-order valence-corrected chi connectivity index (χ3v) is 9.25. The summed E-state index contributed by atoms with van der Waals surface area (Å²) in [4.78, 5) is 56.7. The largest absolute Gasteiger partial charge is 0.495 e. The molecular formula is C33H45N7O5. The number of likely N-dealkylation sites (N-methyl/N-ethyl adjacent to an activating group) is 1. The Bertz CT molecular complexity index is 1430. The highest BCUT2D eigenvalue weighted by molar-refractivity contribution is 6.04. The Labute approximate surface area is 265 Å². The Kier molecular flexibility index (Phi) is 9.91. The van der Waals surface area contributed by atoms with Gasteiger partial charge in [-0.15, -0.1) is 0 Å². The van der Waals surface area contributed by atoms with Gasteiger partial charge in [0, 0.05) is 30.3 Å². The molecule has 1 unspecified atom stereocenters. The van der Waals surface area contributed by atoms with Gasteiger partial charge in [-0.1, -0.05) is 26.3 Å². The van der Waals surface area contributed by atoms with Crippen molar-refractivity contribution in [3.63, 3.8) is 0 Å². The van der Waals surface area contributed by atoms with Gasteiger partial charge in [-0.05, 0) is 70.4 Å². The van der Waals surface area contributed by atoms with Gasteiger partial charge in [0.15, 0.2) is 5.82 Å². The molecule has 0 spiro atoms. The van der Waals surface area contributed by atoms with Crippen LogP contribution in [-0.4, -0.2) is 98.7 Å². The first kappa shape index (κ1) is 32.2. The first-order chi connectivity index (χ1) is 21.7. The number of anilines is 4. The molecule has 1 saturated heterocycles. The molecule has 1 N–H and O–H groups in total. The van der Waals surface area contributed by atoms with E-state index in [9.17, 15) is 14.4 Å². The van der Waals surface area contributed by atoms with Gasteiger partial charge in [-0.2, -0.15) is 4.98 Å². The fourth-order valence-electron chi connectivity index (χ4n) is 6.63. The minimum atomic E-state index is -0.560. The van der Waals surface area contributed by atoms with Gasteiger partial charge in [0.25, 0.3) is 5.91 Å². The number of nitrogens with zero attached hydrogens (tertiary/aromatic N) is 6. The van der Waals surface area contributed by atoms with E-state index in [1.807, 2.05) is 6.92 Å². The maximum absolute atomic E-state index is 13.4. The summed E-state index contributed by atoms with van der Waals surface area (Å²) in [6.45, 7) is 7.87. The van der Waals surface area contributed by atoms with E-state index in [-0.39, 0.29) is 42.1 Å². The van der Waals surface area contributed by atoms with Gasteiger partial charge in [0.2, 0.25) is 11.9 Å². The van der Waals surface area contributed by atoms with Crippen molar-refractivity contribution in [2.45, 2.75) is 70.0 Å². The number of hydrogen-bond acceptors (Lipinski definition) is 10. The Morgan fingerprint density at radius 3 is 2.47 bits per heavy atom. The fraction of sp³-hybridized carbons (Fsp3) is 0.545. The summed E-state index contributed by atoms with van der Waals surface area (Å²) in [5.41, 5.74) is 1.85. The van der Waals surface area contributed by atoms with Gasteiger partial charge in [-0.3, -0.25) is 9.59 Å². The molecule has 1 aromatic heterocycles. The minimum absolute atomic E-state index is 0.0123. The molecule has 3 aliphatic rings. The summed E-state index contributed by atoms with van der Waals surface area (Å²) >= 11 is 0. The van der Waals surface area contributed by atoms with Crippen LogP contribution in [0.4, 0.5) is 23.1 Å². The van der Waals surface area contributed by atoms with Crippen molar-refractivity contribution < 1.29 is 23.9 Å². The van der Waals surface area contributed by atoms with E-state index in [2.05, 4.69) is 33.7 Å². The van der Waals surface area contributed by atoms with E-state index in [1.165, 1.54) is 14.2 Å². The first-order valence-corrected chi connectivity index (χ1v) is 15.8. The molecule has 0 bridgehead atoms. The number of ether oxygens (including phenoxy) is 2. The first-order valence-electron chi connectivity index (χ1n) is 15.8. The number of carbonyl (C=O) groups excluding carboxylic acids is 3. The second-order valence-electron chi connectivity index (χ2n) is 12.2. The normalized spacial score (nSPS) is 19.3. The van der Waals surface area contributed by atoms with E-state index < -0.39 is 5.97 Å². The van der Waals surface area contributed by atoms with Crippen LogP contribution in [0.2, 0.25) is 0 Å². The number of piperidine rings is 1. The monoisotopic (exact) mass is 619 g/mol. The molecule has 1 saturated carbocycles. The lowest BCUT2D eigenvalue weighted by atomic mass is 10.0. The molecule has 2 amide bonds. The van der Waals surface area contributed by atoms with Crippen LogP contribution in [0.1, 0.15) is 62.2 Å². The van der Waals surface area contributed by atoms with E-state index in [1.54, 1.807) is 41.2 Å². The Morgan fingerprint density at radius 1 is 1.11 bits per heavy atom. The van der Waals surface area contributed by atoms with Gasteiger partial charge < -0.3 is 34.4 Å². The molecular weight excluding hydrogens is 574 g/mol. The minimum Gasteiger partial charge on any atom is -0.495 e. The fourth-order valence-corrected chi connectivity index (χ4v) is 6.63. The summed E-state index contributed by atoms with van der Waals surface area (Å²) in [5, 5.41) is 3.15.